The van der Waals surface area contributed by atoms with Gasteiger partial charge in [-0.25, -0.2) is 0 Å². The molecular weight excluding hydrogens is 196 g/mol. The van der Waals surface area contributed by atoms with E-state index in [1.165, 1.54) is 4.88 Å². The van der Waals surface area contributed by atoms with Crippen molar-refractivity contribution < 1.29 is 4.52 Å². The van der Waals surface area contributed by atoms with Gasteiger partial charge in [0.05, 0.1) is 12.7 Å². The molecule has 0 unspecified atom stereocenters. The lowest BCUT2D eigenvalue weighted by Gasteiger charge is -1.99. The zero-order chi connectivity index (χ0) is 9.64. The zero-order valence-electron chi connectivity index (χ0n) is 7.77. The van der Waals surface area contributed by atoms with Gasteiger partial charge in [-0.3, -0.25) is 0 Å². The van der Waals surface area contributed by atoms with E-state index in [0.29, 0.717) is 0 Å². The Labute approximate surface area is 86.7 Å². The molecule has 2 aromatic heterocycles. The van der Waals surface area contributed by atoms with Crippen molar-refractivity contribution in [1.82, 2.24) is 10.5 Å². The lowest BCUT2D eigenvalue weighted by Crippen LogP contribution is -2.15. The first-order chi connectivity index (χ1) is 6.95. The summed E-state index contributed by atoms with van der Waals surface area (Å²) >= 11 is 1.80. The van der Waals surface area contributed by atoms with Gasteiger partial charge in [-0.05, 0) is 17.9 Å². The predicted octanol–water partition coefficient (Wildman–Crippen LogP) is 2.07. The monoisotopic (exact) mass is 208 g/mol. The lowest BCUT2D eigenvalue weighted by atomic mass is 10.3. The molecule has 0 atom stereocenters. The molecule has 0 fully saturated rings. The fourth-order valence-electron chi connectivity index (χ4n) is 1.21. The van der Waals surface area contributed by atoms with Gasteiger partial charge in [-0.2, -0.15) is 0 Å². The van der Waals surface area contributed by atoms with Crippen LogP contribution >= 0.6 is 11.3 Å². The van der Waals surface area contributed by atoms with Crippen molar-refractivity contribution in [1.29, 1.82) is 0 Å². The Balaban J connectivity index is 1.65. The Bertz CT molecular complexity index is 306. The standard InChI is InChI=1S/C10H12N2OS/c1-2-10(14-7-1)4-5-11-8-9-3-6-12-13-9/h1-3,6-7,11H,4-5,8H2. The lowest BCUT2D eigenvalue weighted by molar-refractivity contribution is 0.373. The Morgan fingerprint density at radius 3 is 3.14 bits per heavy atom. The van der Waals surface area contributed by atoms with Gasteiger partial charge < -0.3 is 9.84 Å². The molecule has 0 saturated carbocycles. The van der Waals surface area contributed by atoms with E-state index in [1.54, 1.807) is 17.5 Å². The van der Waals surface area contributed by atoms with E-state index in [2.05, 4.69) is 28.0 Å². The van der Waals surface area contributed by atoms with E-state index in [1.807, 2.05) is 6.07 Å². The molecule has 1 N–H and O–H groups in total. The molecular formula is C10H12N2OS. The van der Waals surface area contributed by atoms with Gasteiger partial charge in [0.1, 0.15) is 5.76 Å². The number of hydrogen-bond acceptors (Lipinski definition) is 4. The van der Waals surface area contributed by atoms with Crippen molar-refractivity contribution >= 4 is 11.3 Å². The van der Waals surface area contributed by atoms with Crippen LogP contribution in [0.2, 0.25) is 0 Å². The van der Waals surface area contributed by atoms with Gasteiger partial charge in [-0.15, -0.1) is 11.3 Å². The zero-order valence-corrected chi connectivity index (χ0v) is 8.59. The molecule has 0 radical (unpaired) electrons. The normalized spacial score (nSPS) is 10.6. The van der Waals surface area contributed by atoms with Crippen LogP contribution in [0.3, 0.4) is 0 Å². The number of thiophene rings is 1. The smallest absolute Gasteiger partial charge is 0.150 e. The van der Waals surface area contributed by atoms with Gasteiger partial charge in [0.25, 0.3) is 0 Å². The molecule has 0 aliphatic rings. The molecule has 0 aromatic carbocycles. The number of rotatable bonds is 5. The van der Waals surface area contributed by atoms with E-state index >= 15 is 0 Å². The molecule has 4 heteroatoms. The van der Waals surface area contributed by atoms with Crippen molar-refractivity contribution in [3.05, 3.63) is 40.4 Å². The van der Waals surface area contributed by atoms with Gasteiger partial charge >= 0.3 is 0 Å². The highest BCUT2D eigenvalue weighted by atomic mass is 32.1. The third-order valence-electron chi connectivity index (χ3n) is 1.92. The largest absolute Gasteiger partial charge is 0.360 e. The van der Waals surface area contributed by atoms with Crippen molar-refractivity contribution in [2.24, 2.45) is 0 Å². The second kappa shape index (κ2) is 4.93. The van der Waals surface area contributed by atoms with E-state index in [4.69, 9.17) is 4.52 Å². The minimum Gasteiger partial charge on any atom is -0.360 e. The van der Waals surface area contributed by atoms with Crippen LogP contribution in [0.4, 0.5) is 0 Å². The maximum Gasteiger partial charge on any atom is 0.150 e. The van der Waals surface area contributed by atoms with Crippen LogP contribution in [0, 0.1) is 0 Å². The first-order valence-electron chi connectivity index (χ1n) is 4.58. The Hall–Kier alpha value is -1.13. The Morgan fingerprint density at radius 2 is 2.43 bits per heavy atom. The fourth-order valence-corrected chi connectivity index (χ4v) is 1.92. The van der Waals surface area contributed by atoms with Crippen LogP contribution in [0.5, 0.6) is 0 Å². The summed E-state index contributed by atoms with van der Waals surface area (Å²) in [5.74, 6) is 0.885. The van der Waals surface area contributed by atoms with Crippen LogP contribution in [0.25, 0.3) is 0 Å². The first kappa shape index (κ1) is 9.43. The van der Waals surface area contributed by atoms with E-state index in [9.17, 15) is 0 Å². The van der Waals surface area contributed by atoms with Crippen LogP contribution in [-0.4, -0.2) is 11.7 Å². The van der Waals surface area contributed by atoms with E-state index in [0.717, 1.165) is 25.3 Å². The molecule has 0 aliphatic carbocycles. The molecule has 0 bridgehead atoms. The maximum absolute atomic E-state index is 4.96. The number of aromatic nitrogens is 1. The summed E-state index contributed by atoms with van der Waals surface area (Å²) in [5, 5.41) is 9.04. The van der Waals surface area contributed by atoms with E-state index in [-0.39, 0.29) is 0 Å². The highest BCUT2D eigenvalue weighted by molar-refractivity contribution is 7.09. The van der Waals surface area contributed by atoms with Crippen LogP contribution in [0.15, 0.2) is 34.3 Å². The van der Waals surface area contributed by atoms with Crippen molar-refractivity contribution in [2.45, 2.75) is 13.0 Å². The second-order valence-corrected chi connectivity index (χ2v) is 4.02. The molecule has 0 saturated heterocycles. The third kappa shape index (κ3) is 2.68. The fraction of sp³-hybridized carbons (Fsp3) is 0.300. The molecule has 0 spiro atoms. The summed E-state index contributed by atoms with van der Waals surface area (Å²) in [6.45, 7) is 1.73. The summed E-state index contributed by atoms with van der Waals surface area (Å²) in [5.41, 5.74) is 0. The second-order valence-electron chi connectivity index (χ2n) is 2.98. The van der Waals surface area contributed by atoms with Crippen LogP contribution in [-0.2, 0) is 13.0 Å². The minimum atomic E-state index is 0.755. The molecule has 14 heavy (non-hydrogen) atoms. The summed E-state index contributed by atoms with van der Waals surface area (Å²) in [6.07, 6.45) is 2.74. The van der Waals surface area contributed by atoms with Crippen molar-refractivity contribution in [3.63, 3.8) is 0 Å². The molecule has 74 valence electrons. The maximum atomic E-state index is 4.96. The van der Waals surface area contributed by atoms with Crippen LogP contribution < -0.4 is 5.32 Å². The summed E-state index contributed by atoms with van der Waals surface area (Å²) in [6, 6.07) is 6.11. The van der Waals surface area contributed by atoms with E-state index < -0.39 is 0 Å². The molecule has 0 aliphatic heterocycles. The summed E-state index contributed by atoms with van der Waals surface area (Å²) in [7, 11) is 0. The van der Waals surface area contributed by atoms with Gasteiger partial charge in [0.15, 0.2) is 0 Å². The summed E-state index contributed by atoms with van der Waals surface area (Å²) < 4.78 is 4.96. The average Bonchev–Trinajstić information content (AvgIpc) is 2.86. The number of nitrogens with zero attached hydrogens (tertiary/aromatic N) is 1. The quantitative estimate of drug-likeness (QED) is 0.764. The predicted molar refractivity (Wildman–Crippen MR) is 56.2 cm³/mol. The first-order valence-corrected chi connectivity index (χ1v) is 5.46. The van der Waals surface area contributed by atoms with Gasteiger partial charge in [-0.1, -0.05) is 11.2 Å². The number of hydrogen-bond donors (Lipinski definition) is 1. The number of nitrogens with one attached hydrogen (secondary N) is 1. The topological polar surface area (TPSA) is 38.1 Å². The highest BCUT2D eigenvalue weighted by Gasteiger charge is 1.96. The molecule has 2 rings (SSSR count). The average molecular weight is 208 g/mol. The minimum absolute atomic E-state index is 0.755. The van der Waals surface area contributed by atoms with Crippen molar-refractivity contribution in [2.75, 3.05) is 6.54 Å². The van der Waals surface area contributed by atoms with Crippen LogP contribution in [0.1, 0.15) is 10.6 Å². The molecule has 2 heterocycles. The molecule has 3 nitrogen and oxygen atoms in total. The Morgan fingerprint density at radius 1 is 1.43 bits per heavy atom. The summed E-state index contributed by atoms with van der Waals surface area (Å²) in [4.78, 5) is 1.41. The van der Waals surface area contributed by atoms with Gasteiger partial charge in [0, 0.05) is 17.5 Å². The Kier molecular flexibility index (Phi) is 3.32. The van der Waals surface area contributed by atoms with Gasteiger partial charge in [0.2, 0.25) is 0 Å². The third-order valence-corrected chi connectivity index (χ3v) is 2.85. The molecule has 2 aromatic rings. The molecule has 0 amide bonds. The van der Waals surface area contributed by atoms with Crippen molar-refractivity contribution in [3.8, 4) is 0 Å². The highest BCUT2D eigenvalue weighted by Crippen LogP contribution is 2.08. The SMILES string of the molecule is c1csc(CCNCc2ccno2)c1.